The van der Waals surface area contributed by atoms with Crippen LogP contribution >= 0.6 is 0 Å². The Morgan fingerprint density at radius 2 is 2.05 bits per heavy atom. The minimum absolute atomic E-state index is 0.166. The second-order valence-electron chi connectivity index (χ2n) is 4.59. The number of amides is 1. The van der Waals surface area contributed by atoms with E-state index in [4.69, 9.17) is 5.73 Å². The van der Waals surface area contributed by atoms with E-state index in [0.29, 0.717) is 31.9 Å². The van der Waals surface area contributed by atoms with Gasteiger partial charge in [-0.1, -0.05) is 0 Å². The highest BCUT2D eigenvalue weighted by Gasteiger charge is 2.25. The fourth-order valence-corrected chi connectivity index (χ4v) is 2.10. The highest BCUT2D eigenvalue weighted by Crippen LogP contribution is 2.12. The lowest BCUT2D eigenvalue weighted by Crippen LogP contribution is -2.50. The maximum Gasteiger partial charge on any atom is 0.319 e. The summed E-state index contributed by atoms with van der Waals surface area (Å²) in [5.74, 6) is -0.431. The number of nitrogens with zero attached hydrogens (tertiary/aromatic N) is 3. The van der Waals surface area contributed by atoms with Gasteiger partial charge in [-0.3, -0.25) is 14.5 Å². The number of hydrogen-bond acceptors (Lipinski definition) is 6. The van der Waals surface area contributed by atoms with E-state index in [1.54, 1.807) is 23.2 Å². The van der Waals surface area contributed by atoms with Crippen LogP contribution in [0.2, 0.25) is 0 Å². The maximum absolute atomic E-state index is 12.3. The quantitative estimate of drug-likeness (QED) is 0.756. The smallest absolute Gasteiger partial charge is 0.319 e. The standard InChI is InChI=1S/C13H18N4O3/c1-20-11(18)9-16-5-7-17(8-6-16)13(19)12-10(14)3-2-4-15-12/h2-4H,5-9,14H2,1H3. The number of nitrogens with two attached hydrogens (primary N) is 1. The minimum Gasteiger partial charge on any atom is -0.468 e. The average molecular weight is 278 g/mol. The molecule has 7 heteroatoms. The zero-order chi connectivity index (χ0) is 14.5. The van der Waals surface area contributed by atoms with E-state index in [1.165, 1.54) is 7.11 Å². The second kappa shape index (κ2) is 6.33. The highest BCUT2D eigenvalue weighted by atomic mass is 16.5. The Balaban J connectivity index is 1.92. The summed E-state index contributed by atoms with van der Waals surface area (Å²) in [6.45, 7) is 2.61. The lowest BCUT2D eigenvalue weighted by molar-refractivity contribution is -0.142. The molecule has 0 unspecified atom stereocenters. The van der Waals surface area contributed by atoms with Crippen molar-refractivity contribution in [2.24, 2.45) is 0 Å². The molecule has 2 heterocycles. The summed E-state index contributed by atoms with van der Waals surface area (Å²) in [5, 5.41) is 0. The molecule has 0 aromatic carbocycles. The Morgan fingerprint density at radius 3 is 2.65 bits per heavy atom. The number of ether oxygens (including phenoxy) is 1. The van der Waals surface area contributed by atoms with E-state index in [2.05, 4.69) is 9.72 Å². The van der Waals surface area contributed by atoms with E-state index in [-0.39, 0.29) is 24.1 Å². The molecule has 20 heavy (non-hydrogen) atoms. The third-order valence-electron chi connectivity index (χ3n) is 3.28. The molecular weight excluding hydrogens is 260 g/mol. The van der Waals surface area contributed by atoms with E-state index >= 15 is 0 Å². The fraction of sp³-hybridized carbons (Fsp3) is 0.462. The van der Waals surface area contributed by atoms with Crippen LogP contribution < -0.4 is 5.73 Å². The summed E-state index contributed by atoms with van der Waals surface area (Å²) >= 11 is 0. The molecule has 0 atom stereocenters. The van der Waals surface area contributed by atoms with Gasteiger partial charge < -0.3 is 15.4 Å². The van der Waals surface area contributed by atoms with E-state index < -0.39 is 0 Å². The largest absolute Gasteiger partial charge is 0.468 e. The van der Waals surface area contributed by atoms with Crippen molar-refractivity contribution < 1.29 is 14.3 Å². The van der Waals surface area contributed by atoms with Crippen molar-refractivity contribution in [2.75, 3.05) is 45.6 Å². The normalized spacial score (nSPS) is 15.9. The number of anilines is 1. The first-order valence-electron chi connectivity index (χ1n) is 6.40. The lowest BCUT2D eigenvalue weighted by Gasteiger charge is -2.33. The molecule has 0 spiro atoms. The minimum atomic E-state index is -0.265. The molecule has 0 radical (unpaired) electrons. The number of pyridine rings is 1. The van der Waals surface area contributed by atoms with Crippen LogP contribution in [0.4, 0.5) is 5.69 Å². The number of hydrogen-bond donors (Lipinski definition) is 1. The summed E-state index contributed by atoms with van der Waals surface area (Å²) < 4.78 is 4.62. The van der Waals surface area contributed by atoms with Crippen LogP contribution in [-0.4, -0.2) is 66.5 Å². The molecule has 1 fully saturated rings. The van der Waals surface area contributed by atoms with Crippen molar-refractivity contribution in [2.45, 2.75) is 0 Å². The summed E-state index contributed by atoms with van der Waals surface area (Å²) in [7, 11) is 1.37. The third-order valence-corrected chi connectivity index (χ3v) is 3.28. The van der Waals surface area contributed by atoms with Gasteiger partial charge in [0.1, 0.15) is 0 Å². The van der Waals surface area contributed by atoms with Crippen molar-refractivity contribution in [1.82, 2.24) is 14.8 Å². The number of rotatable bonds is 3. The maximum atomic E-state index is 12.3. The lowest BCUT2D eigenvalue weighted by atomic mass is 10.2. The number of methoxy groups -OCH3 is 1. The van der Waals surface area contributed by atoms with Crippen LogP contribution in [0.1, 0.15) is 10.5 Å². The average Bonchev–Trinajstić information content (AvgIpc) is 2.47. The van der Waals surface area contributed by atoms with Gasteiger partial charge in [-0.05, 0) is 12.1 Å². The van der Waals surface area contributed by atoms with E-state index in [0.717, 1.165) is 0 Å². The molecule has 1 saturated heterocycles. The molecule has 2 N–H and O–H groups in total. The zero-order valence-corrected chi connectivity index (χ0v) is 11.4. The van der Waals surface area contributed by atoms with Gasteiger partial charge in [-0.2, -0.15) is 0 Å². The van der Waals surface area contributed by atoms with Crippen LogP contribution in [-0.2, 0) is 9.53 Å². The van der Waals surface area contributed by atoms with Gasteiger partial charge >= 0.3 is 5.97 Å². The fourth-order valence-electron chi connectivity index (χ4n) is 2.10. The van der Waals surface area contributed by atoms with Crippen LogP contribution in [0, 0.1) is 0 Å². The predicted molar refractivity (Wildman–Crippen MR) is 73.0 cm³/mol. The molecule has 0 aliphatic carbocycles. The van der Waals surface area contributed by atoms with E-state index in [9.17, 15) is 9.59 Å². The number of carbonyl (C=O) groups excluding carboxylic acids is 2. The van der Waals surface area contributed by atoms with Gasteiger partial charge in [0.25, 0.3) is 5.91 Å². The van der Waals surface area contributed by atoms with Crippen molar-refractivity contribution >= 4 is 17.6 Å². The van der Waals surface area contributed by atoms with Crippen molar-refractivity contribution in [1.29, 1.82) is 0 Å². The van der Waals surface area contributed by atoms with E-state index in [1.807, 2.05) is 4.90 Å². The topological polar surface area (TPSA) is 88.8 Å². The molecule has 0 bridgehead atoms. The van der Waals surface area contributed by atoms with Gasteiger partial charge in [0.15, 0.2) is 5.69 Å². The molecule has 2 rings (SSSR count). The van der Waals surface area contributed by atoms with Gasteiger partial charge in [-0.15, -0.1) is 0 Å². The molecule has 1 aliphatic rings. The second-order valence-corrected chi connectivity index (χ2v) is 4.59. The van der Waals surface area contributed by atoms with Crippen LogP contribution in [0.15, 0.2) is 18.3 Å². The Bertz CT molecular complexity index is 498. The summed E-state index contributed by atoms with van der Waals surface area (Å²) in [5.41, 5.74) is 6.43. The zero-order valence-electron chi connectivity index (χ0n) is 11.4. The van der Waals surface area contributed by atoms with Gasteiger partial charge in [0.2, 0.25) is 0 Å². The number of carbonyl (C=O) groups is 2. The summed E-state index contributed by atoms with van der Waals surface area (Å²) in [4.78, 5) is 31.2. The first kappa shape index (κ1) is 14.3. The third kappa shape index (κ3) is 3.24. The Hall–Kier alpha value is -2.15. The van der Waals surface area contributed by atoms with Crippen LogP contribution in [0.5, 0.6) is 0 Å². The van der Waals surface area contributed by atoms with Crippen molar-refractivity contribution in [3.63, 3.8) is 0 Å². The monoisotopic (exact) mass is 278 g/mol. The molecule has 108 valence electrons. The molecule has 0 saturated carbocycles. The molecule has 1 aliphatic heterocycles. The first-order chi connectivity index (χ1) is 9.61. The number of nitrogen functional groups attached to an aromatic ring is 1. The highest BCUT2D eigenvalue weighted by molar-refractivity contribution is 5.97. The van der Waals surface area contributed by atoms with Crippen molar-refractivity contribution in [3.05, 3.63) is 24.0 Å². The van der Waals surface area contributed by atoms with Gasteiger partial charge in [0, 0.05) is 32.4 Å². The SMILES string of the molecule is COC(=O)CN1CCN(C(=O)c2ncccc2N)CC1. The number of esters is 1. The van der Waals surface area contributed by atoms with Crippen LogP contribution in [0.25, 0.3) is 0 Å². The molecule has 1 aromatic heterocycles. The van der Waals surface area contributed by atoms with Gasteiger partial charge in [0.05, 0.1) is 19.3 Å². The number of piperazine rings is 1. The molecule has 1 amide bonds. The summed E-state index contributed by atoms with van der Waals surface area (Å²) in [6, 6.07) is 3.36. The van der Waals surface area contributed by atoms with Crippen LogP contribution in [0.3, 0.4) is 0 Å². The first-order valence-corrected chi connectivity index (χ1v) is 6.40. The number of aromatic nitrogens is 1. The Labute approximate surface area is 117 Å². The van der Waals surface area contributed by atoms with Gasteiger partial charge in [-0.25, -0.2) is 4.98 Å². The molecule has 1 aromatic rings. The Kier molecular flexibility index (Phi) is 4.52. The Morgan fingerprint density at radius 1 is 1.35 bits per heavy atom. The van der Waals surface area contributed by atoms with Crippen molar-refractivity contribution in [3.8, 4) is 0 Å². The molecular formula is C13H18N4O3. The predicted octanol–water partition coefficient (Wildman–Crippen LogP) is -0.405. The summed E-state index contributed by atoms with van der Waals surface area (Å²) in [6.07, 6.45) is 1.55. The molecule has 7 nitrogen and oxygen atoms in total.